The highest BCUT2D eigenvalue weighted by Gasteiger charge is 2.24. The number of phosphoric acid groups is 1. The van der Waals surface area contributed by atoms with Crippen molar-refractivity contribution in [1.82, 2.24) is 5.32 Å². The van der Waals surface area contributed by atoms with E-state index in [-0.39, 0.29) is 19.1 Å². The predicted octanol–water partition coefficient (Wildman–Crippen LogP) is 13.1. The topological polar surface area (TPSA) is 108 Å². The highest BCUT2D eigenvalue weighted by molar-refractivity contribution is 7.45. The third kappa shape index (κ3) is 41.7. The zero-order chi connectivity index (χ0) is 41.4. The smallest absolute Gasteiger partial charge is 0.268 e. The van der Waals surface area contributed by atoms with E-state index in [0.717, 1.165) is 38.5 Å². The van der Waals surface area contributed by atoms with Gasteiger partial charge in [-0.15, -0.1) is 0 Å². The zero-order valence-corrected chi connectivity index (χ0v) is 39.0. The van der Waals surface area contributed by atoms with Crippen LogP contribution in [0.2, 0.25) is 0 Å². The van der Waals surface area contributed by atoms with Gasteiger partial charge in [0, 0.05) is 6.42 Å². The lowest BCUT2D eigenvalue weighted by Crippen LogP contribution is -2.46. The second-order valence-electron chi connectivity index (χ2n) is 18.2. The number of nitrogens with zero attached hydrogens (tertiary/aromatic N) is 1. The number of rotatable bonds is 45. The first-order valence-electron chi connectivity index (χ1n) is 24.4. The first-order valence-corrected chi connectivity index (χ1v) is 25.8. The van der Waals surface area contributed by atoms with Gasteiger partial charge in [-0.05, 0) is 12.8 Å². The number of likely N-dealkylation sites (N-methyl/N-ethyl adjacent to an activating group) is 1. The van der Waals surface area contributed by atoms with Crippen molar-refractivity contribution in [2.24, 2.45) is 0 Å². The number of amides is 1. The molecule has 0 saturated carbocycles. The van der Waals surface area contributed by atoms with E-state index in [4.69, 9.17) is 9.05 Å². The minimum Gasteiger partial charge on any atom is -0.756 e. The summed E-state index contributed by atoms with van der Waals surface area (Å²) in [6, 6.07) is -0.793. The van der Waals surface area contributed by atoms with Crippen molar-refractivity contribution in [1.29, 1.82) is 0 Å². The lowest BCUT2D eigenvalue weighted by molar-refractivity contribution is -0.870. The van der Waals surface area contributed by atoms with Gasteiger partial charge in [-0.25, -0.2) is 0 Å². The van der Waals surface area contributed by atoms with Crippen molar-refractivity contribution < 1.29 is 32.9 Å². The number of carbonyl (C=O) groups is 1. The number of carbonyl (C=O) groups excluding carboxylic acids is 1. The van der Waals surface area contributed by atoms with Gasteiger partial charge in [0.05, 0.1) is 39.9 Å². The molecule has 0 aliphatic rings. The monoisotopic (exact) mass is 817 g/mol. The molecule has 8 nitrogen and oxygen atoms in total. The summed E-state index contributed by atoms with van der Waals surface area (Å²) in [4.78, 5) is 25.4. The maximum Gasteiger partial charge on any atom is 0.268 e. The van der Waals surface area contributed by atoms with Gasteiger partial charge in [0.1, 0.15) is 13.2 Å². The number of hydrogen-bond acceptors (Lipinski definition) is 6. The summed E-state index contributed by atoms with van der Waals surface area (Å²) in [6.45, 7) is 4.75. The normalized spacial score (nSPS) is 14.2. The lowest BCUT2D eigenvalue weighted by atomic mass is 10.0. The van der Waals surface area contributed by atoms with Gasteiger partial charge < -0.3 is 28.8 Å². The number of aliphatic hydroxyl groups excluding tert-OH is 1. The Hall–Kier alpha value is -0.500. The Morgan fingerprint density at radius 1 is 0.554 bits per heavy atom. The van der Waals surface area contributed by atoms with Crippen LogP contribution in [0.3, 0.4) is 0 Å². The number of unbranched alkanes of at least 4 members (excludes halogenated alkanes) is 32. The largest absolute Gasteiger partial charge is 0.756 e. The molecule has 0 saturated heterocycles. The minimum atomic E-state index is -4.56. The summed E-state index contributed by atoms with van der Waals surface area (Å²) in [5, 5.41) is 14.0. The number of aliphatic hydroxyl groups is 1. The molecule has 3 unspecified atom stereocenters. The van der Waals surface area contributed by atoms with E-state index in [0.29, 0.717) is 23.9 Å². The molecular weight excluding hydrogens is 719 g/mol. The summed E-state index contributed by atoms with van der Waals surface area (Å²) >= 11 is 0. The van der Waals surface area contributed by atoms with Crippen LogP contribution >= 0.6 is 7.82 Å². The van der Waals surface area contributed by atoms with Crippen molar-refractivity contribution in [3.05, 3.63) is 0 Å². The Bertz CT molecular complexity index is 885. The number of hydrogen-bond donors (Lipinski definition) is 2. The molecule has 336 valence electrons. The second-order valence-corrected chi connectivity index (χ2v) is 19.6. The minimum absolute atomic E-state index is 0.0163. The standard InChI is InChI=1S/C47H97N2O6P/c1-6-8-10-12-14-16-18-20-22-24-26-28-30-32-34-36-38-40-46(50)45(44-55-56(52,53)54-43-42-49(3,4)5)48-47(51)41-39-37-35-33-31-29-27-25-23-21-19-17-15-13-11-9-7-2/h45-46,50H,6-44H2,1-5H3,(H-,48,51,52,53). The Balaban J connectivity index is 4.27. The van der Waals surface area contributed by atoms with Gasteiger partial charge in [0.15, 0.2) is 0 Å². The van der Waals surface area contributed by atoms with Gasteiger partial charge in [0.25, 0.3) is 7.82 Å². The fourth-order valence-corrected chi connectivity index (χ4v) is 8.18. The first kappa shape index (κ1) is 55.5. The number of nitrogens with one attached hydrogen (secondary N) is 1. The Morgan fingerprint density at radius 2 is 0.875 bits per heavy atom. The molecule has 0 aromatic rings. The van der Waals surface area contributed by atoms with Crippen LogP contribution in [0.1, 0.15) is 245 Å². The van der Waals surface area contributed by atoms with Crippen LogP contribution in [0, 0.1) is 0 Å². The maximum absolute atomic E-state index is 12.9. The molecule has 0 rings (SSSR count). The molecule has 0 fully saturated rings. The zero-order valence-electron chi connectivity index (χ0n) is 38.1. The average Bonchev–Trinajstić information content (AvgIpc) is 3.15. The van der Waals surface area contributed by atoms with E-state index in [1.165, 1.54) is 180 Å². The predicted molar refractivity (Wildman–Crippen MR) is 238 cm³/mol. The molecule has 0 aliphatic carbocycles. The average molecular weight is 817 g/mol. The van der Waals surface area contributed by atoms with E-state index >= 15 is 0 Å². The second kappa shape index (κ2) is 39.9. The van der Waals surface area contributed by atoms with Crippen LogP contribution in [0.25, 0.3) is 0 Å². The first-order chi connectivity index (χ1) is 27.0. The molecule has 0 heterocycles. The quantitative estimate of drug-likeness (QED) is 0.0360. The summed E-state index contributed by atoms with van der Waals surface area (Å²) < 4.78 is 23.3. The van der Waals surface area contributed by atoms with Crippen molar-refractivity contribution in [3.63, 3.8) is 0 Å². The molecule has 56 heavy (non-hydrogen) atoms. The van der Waals surface area contributed by atoms with Crippen molar-refractivity contribution in [2.75, 3.05) is 40.9 Å². The maximum atomic E-state index is 12.9. The molecule has 0 bridgehead atoms. The van der Waals surface area contributed by atoms with Crippen LogP contribution in [0.15, 0.2) is 0 Å². The Labute approximate surface area is 349 Å². The summed E-state index contributed by atoms with van der Waals surface area (Å²) in [5.41, 5.74) is 0. The van der Waals surface area contributed by atoms with Crippen LogP contribution < -0.4 is 10.2 Å². The summed E-state index contributed by atoms with van der Waals surface area (Å²) in [6.07, 6.45) is 43.9. The Kier molecular flexibility index (Phi) is 39.6. The molecule has 9 heteroatoms. The molecule has 0 aromatic heterocycles. The third-order valence-corrected chi connectivity index (χ3v) is 12.3. The molecule has 2 N–H and O–H groups in total. The van der Waals surface area contributed by atoms with Gasteiger partial charge in [0.2, 0.25) is 5.91 Å². The van der Waals surface area contributed by atoms with Crippen LogP contribution in [-0.4, -0.2) is 68.5 Å². The van der Waals surface area contributed by atoms with E-state index in [1.54, 1.807) is 0 Å². The molecule has 0 aliphatic heterocycles. The molecule has 1 amide bonds. The van der Waals surface area contributed by atoms with E-state index in [9.17, 15) is 19.4 Å². The lowest BCUT2D eigenvalue weighted by Gasteiger charge is -2.30. The third-order valence-electron chi connectivity index (χ3n) is 11.3. The van der Waals surface area contributed by atoms with Gasteiger partial charge in [-0.2, -0.15) is 0 Å². The molecule has 0 radical (unpaired) electrons. The molecular formula is C47H97N2O6P. The Morgan fingerprint density at radius 3 is 1.21 bits per heavy atom. The number of quaternary nitrogens is 1. The highest BCUT2D eigenvalue weighted by Crippen LogP contribution is 2.38. The SMILES string of the molecule is CCCCCCCCCCCCCCCCCCCC(=O)NC(COP(=O)([O-])OCC[N+](C)(C)C)C(O)CCCCCCCCCCCCCCCCCCC. The van der Waals surface area contributed by atoms with Crippen molar-refractivity contribution in [3.8, 4) is 0 Å². The van der Waals surface area contributed by atoms with Crippen LogP contribution in [0.5, 0.6) is 0 Å². The van der Waals surface area contributed by atoms with E-state index in [2.05, 4.69) is 19.2 Å². The number of phosphoric ester groups is 1. The fraction of sp³-hybridized carbons (Fsp3) is 0.979. The summed E-state index contributed by atoms with van der Waals surface area (Å²) in [7, 11) is 1.32. The molecule has 0 aromatic carbocycles. The van der Waals surface area contributed by atoms with Crippen molar-refractivity contribution in [2.45, 2.75) is 257 Å². The van der Waals surface area contributed by atoms with Gasteiger partial charge in [-0.3, -0.25) is 9.36 Å². The van der Waals surface area contributed by atoms with E-state index in [1.807, 2.05) is 21.1 Å². The molecule has 0 spiro atoms. The van der Waals surface area contributed by atoms with Crippen molar-refractivity contribution >= 4 is 13.7 Å². The molecule has 3 atom stereocenters. The van der Waals surface area contributed by atoms with Gasteiger partial charge >= 0.3 is 0 Å². The fourth-order valence-electron chi connectivity index (χ4n) is 7.45. The van der Waals surface area contributed by atoms with E-state index < -0.39 is 20.0 Å². The van der Waals surface area contributed by atoms with Crippen LogP contribution in [-0.2, 0) is 18.4 Å². The highest BCUT2D eigenvalue weighted by atomic mass is 31.2. The summed E-state index contributed by atoms with van der Waals surface area (Å²) in [5.74, 6) is -0.160. The van der Waals surface area contributed by atoms with Gasteiger partial charge in [-0.1, -0.05) is 226 Å². The van der Waals surface area contributed by atoms with Crippen LogP contribution in [0.4, 0.5) is 0 Å².